The lowest BCUT2D eigenvalue weighted by molar-refractivity contribution is 0.314. The Labute approximate surface area is 93.7 Å². The van der Waals surface area contributed by atoms with Gasteiger partial charge in [-0.1, -0.05) is 0 Å². The van der Waals surface area contributed by atoms with E-state index in [1.54, 1.807) is 12.4 Å². The second-order valence-electron chi connectivity index (χ2n) is 3.09. The summed E-state index contributed by atoms with van der Waals surface area (Å²) < 4.78 is 26.6. The van der Waals surface area contributed by atoms with Crippen LogP contribution in [0.25, 0.3) is 0 Å². The average Bonchev–Trinajstić information content (AvgIpc) is 2.13. The van der Waals surface area contributed by atoms with E-state index in [2.05, 4.69) is 4.98 Å². The molecule has 1 aromatic rings. The van der Waals surface area contributed by atoms with E-state index in [0.29, 0.717) is 18.8 Å². The molecule has 0 amide bonds. The molecule has 0 aliphatic carbocycles. The Kier molecular flexibility index (Phi) is 4.35. The number of nitrogens with zero attached hydrogens (tertiary/aromatic N) is 1. The molecule has 84 valence electrons. The highest BCUT2D eigenvalue weighted by Crippen LogP contribution is 2.14. The third-order valence-electron chi connectivity index (χ3n) is 1.78. The molecule has 0 unspecified atom stereocenters. The van der Waals surface area contributed by atoms with Gasteiger partial charge in [0.1, 0.15) is 5.75 Å². The Morgan fingerprint density at radius 2 is 2.27 bits per heavy atom. The van der Waals surface area contributed by atoms with E-state index in [4.69, 9.17) is 15.4 Å². The highest BCUT2D eigenvalue weighted by atomic mass is 35.7. The number of aromatic nitrogens is 1. The maximum absolute atomic E-state index is 10.6. The zero-order valence-corrected chi connectivity index (χ0v) is 9.88. The summed E-state index contributed by atoms with van der Waals surface area (Å²) in [6.45, 7) is 2.22. The predicted molar refractivity (Wildman–Crippen MR) is 58.7 cm³/mol. The SMILES string of the molecule is Cc1ccncc1OCCCS(=O)(=O)Cl. The summed E-state index contributed by atoms with van der Waals surface area (Å²) in [5.41, 5.74) is 0.971. The third-order valence-corrected chi connectivity index (χ3v) is 3.02. The van der Waals surface area contributed by atoms with Gasteiger partial charge in [-0.2, -0.15) is 0 Å². The van der Waals surface area contributed by atoms with E-state index in [-0.39, 0.29) is 5.75 Å². The van der Waals surface area contributed by atoms with Gasteiger partial charge in [0.15, 0.2) is 0 Å². The number of hydrogen-bond acceptors (Lipinski definition) is 4. The maximum Gasteiger partial charge on any atom is 0.232 e. The molecule has 15 heavy (non-hydrogen) atoms. The lowest BCUT2D eigenvalue weighted by Crippen LogP contribution is -2.05. The van der Waals surface area contributed by atoms with Crippen LogP contribution in [-0.4, -0.2) is 25.8 Å². The zero-order chi connectivity index (χ0) is 11.3. The van der Waals surface area contributed by atoms with Crippen molar-refractivity contribution in [2.24, 2.45) is 0 Å². The Bertz CT molecular complexity index is 419. The topological polar surface area (TPSA) is 56.3 Å². The molecule has 0 spiro atoms. The van der Waals surface area contributed by atoms with Crippen molar-refractivity contribution in [2.45, 2.75) is 13.3 Å². The Morgan fingerprint density at radius 3 is 2.87 bits per heavy atom. The van der Waals surface area contributed by atoms with Gasteiger partial charge in [0.2, 0.25) is 9.05 Å². The van der Waals surface area contributed by atoms with Gasteiger partial charge in [0.25, 0.3) is 0 Å². The van der Waals surface area contributed by atoms with Crippen molar-refractivity contribution >= 4 is 19.7 Å². The Hall–Kier alpha value is -0.810. The predicted octanol–water partition coefficient (Wildman–Crippen LogP) is 1.73. The van der Waals surface area contributed by atoms with Gasteiger partial charge in [-0.25, -0.2) is 8.42 Å². The van der Waals surface area contributed by atoms with E-state index in [1.165, 1.54) is 0 Å². The minimum absolute atomic E-state index is 0.0755. The first-order valence-electron chi connectivity index (χ1n) is 4.45. The summed E-state index contributed by atoms with van der Waals surface area (Å²) in [7, 11) is 1.64. The molecular formula is C9H12ClNO3S. The summed E-state index contributed by atoms with van der Waals surface area (Å²) in [4.78, 5) is 3.90. The second-order valence-corrected chi connectivity index (χ2v) is 5.98. The summed E-state index contributed by atoms with van der Waals surface area (Å²) in [5.74, 6) is 0.595. The van der Waals surface area contributed by atoms with Gasteiger partial charge in [-0.05, 0) is 25.0 Å². The van der Waals surface area contributed by atoms with Gasteiger partial charge in [0, 0.05) is 16.9 Å². The van der Waals surface area contributed by atoms with Crippen molar-refractivity contribution < 1.29 is 13.2 Å². The molecule has 6 heteroatoms. The van der Waals surface area contributed by atoms with Crippen LogP contribution in [0.1, 0.15) is 12.0 Å². The third kappa shape index (κ3) is 4.99. The standard InChI is InChI=1S/C9H12ClNO3S/c1-8-3-4-11-7-9(8)14-5-2-6-15(10,12)13/h3-4,7H,2,5-6H2,1H3. The van der Waals surface area contributed by atoms with Crippen LogP contribution in [0.15, 0.2) is 18.5 Å². The fraction of sp³-hybridized carbons (Fsp3) is 0.444. The van der Waals surface area contributed by atoms with Crippen LogP contribution in [0, 0.1) is 6.92 Å². The van der Waals surface area contributed by atoms with Crippen LogP contribution in [-0.2, 0) is 9.05 Å². The van der Waals surface area contributed by atoms with Gasteiger partial charge in [0.05, 0.1) is 18.6 Å². The van der Waals surface area contributed by atoms with E-state index in [9.17, 15) is 8.42 Å². The normalized spacial score (nSPS) is 11.3. The van der Waals surface area contributed by atoms with E-state index < -0.39 is 9.05 Å². The smallest absolute Gasteiger partial charge is 0.232 e. The number of aryl methyl sites for hydroxylation is 1. The lowest BCUT2D eigenvalue weighted by Gasteiger charge is -2.06. The van der Waals surface area contributed by atoms with Gasteiger partial charge in [-0.3, -0.25) is 4.98 Å². The number of hydrogen-bond donors (Lipinski definition) is 0. The summed E-state index contributed by atoms with van der Waals surface area (Å²) in [6.07, 6.45) is 3.65. The quantitative estimate of drug-likeness (QED) is 0.589. The van der Waals surface area contributed by atoms with Crippen LogP contribution in [0.2, 0.25) is 0 Å². The summed E-state index contributed by atoms with van der Waals surface area (Å²) in [6, 6.07) is 1.83. The van der Waals surface area contributed by atoms with Crippen molar-refractivity contribution in [3.05, 3.63) is 24.0 Å². The number of rotatable bonds is 5. The van der Waals surface area contributed by atoms with E-state index in [0.717, 1.165) is 5.56 Å². The molecule has 1 rings (SSSR count). The van der Waals surface area contributed by atoms with Crippen LogP contribution >= 0.6 is 10.7 Å². The minimum Gasteiger partial charge on any atom is -0.492 e. The molecule has 4 nitrogen and oxygen atoms in total. The van der Waals surface area contributed by atoms with Crippen LogP contribution in [0.4, 0.5) is 0 Å². The van der Waals surface area contributed by atoms with Crippen molar-refractivity contribution in [1.82, 2.24) is 4.98 Å². The average molecular weight is 250 g/mol. The van der Waals surface area contributed by atoms with E-state index >= 15 is 0 Å². The molecule has 0 radical (unpaired) electrons. The highest BCUT2D eigenvalue weighted by Gasteiger charge is 2.05. The van der Waals surface area contributed by atoms with Gasteiger partial charge >= 0.3 is 0 Å². The maximum atomic E-state index is 10.6. The molecule has 1 heterocycles. The molecule has 0 saturated heterocycles. The largest absolute Gasteiger partial charge is 0.492 e. The van der Waals surface area contributed by atoms with Crippen molar-refractivity contribution in [3.8, 4) is 5.75 Å². The minimum atomic E-state index is -3.41. The summed E-state index contributed by atoms with van der Waals surface area (Å²) >= 11 is 0. The second kappa shape index (κ2) is 5.32. The lowest BCUT2D eigenvalue weighted by atomic mass is 10.3. The first kappa shape index (κ1) is 12.3. The van der Waals surface area contributed by atoms with Gasteiger partial charge in [-0.15, -0.1) is 0 Å². The first-order chi connectivity index (χ1) is 6.99. The fourth-order valence-corrected chi connectivity index (χ4v) is 1.80. The molecule has 0 aliphatic rings. The fourth-order valence-electron chi connectivity index (χ4n) is 1.01. The molecule has 0 aromatic carbocycles. The molecule has 0 bridgehead atoms. The molecule has 0 aliphatic heterocycles. The Balaban J connectivity index is 2.36. The van der Waals surface area contributed by atoms with Crippen LogP contribution in [0.3, 0.4) is 0 Å². The number of pyridine rings is 1. The molecule has 0 atom stereocenters. The monoisotopic (exact) mass is 249 g/mol. The number of halogens is 1. The molecule has 0 N–H and O–H groups in total. The summed E-state index contributed by atoms with van der Waals surface area (Å²) in [5, 5.41) is 0. The Morgan fingerprint density at radius 1 is 1.53 bits per heavy atom. The van der Waals surface area contributed by atoms with E-state index in [1.807, 2.05) is 13.0 Å². The van der Waals surface area contributed by atoms with Gasteiger partial charge < -0.3 is 4.74 Å². The first-order valence-corrected chi connectivity index (χ1v) is 6.92. The molecule has 0 saturated carbocycles. The highest BCUT2D eigenvalue weighted by molar-refractivity contribution is 8.13. The zero-order valence-electron chi connectivity index (χ0n) is 8.31. The van der Waals surface area contributed by atoms with Crippen molar-refractivity contribution in [3.63, 3.8) is 0 Å². The van der Waals surface area contributed by atoms with Crippen molar-refractivity contribution in [1.29, 1.82) is 0 Å². The van der Waals surface area contributed by atoms with Crippen LogP contribution in [0.5, 0.6) is 5.75 Å². The molecule has 1 aromatic heterocycles. The van der Waals surface area contributed by atoms with Crippen molar-refractivity contribution in [2.75, 3.05) is 12.4 Å². The number of ether oxygens (including phenoxy) is 1. The molecule has 0 fully saturated rings. The molecular weight excluding hydrogens is 238 g/mol. The van der Waals surface area contributed by atoms with Crippen LogP contribution < -0.4 is 4.74 Å².